The minimum absolute atomic E-state index is 0.0195. The van der Waals surface area contributed by atoms with E-state index in [9.17, 15) is 13.5 Å². The maximum Gasteiger partial charge on any atom is 0.240 e. The van der Waals surface area contributed by atoms with Crippen LogP contribution in [0.5, 0.6) is 0 Å². The van der Waals surface area contributed by atoms with Gasteiger partial charge in [0.2, 0.25) is 10.0 Å². The van der Waals surface area contributed by atoms with Crippen molar-refractivity contribution >= 4 is 10.0 Å². The van der Waals surface area contributed by atoms with Crippen LogP contribution in [0, 0.1) is 13.8 Å². The molecule has 1 saturated heterocycles. The van der Waals surface area contributed by atoms with Gasteiger partial charge in [0.05, 0.1) is 10.5 Å². The molecule has 0 spiro atoms. The number of hydrogen-bond donors (Lipinski definition) is 2. The number of benzene rings is 1. The van der Waals surface area contributed by atoms with Crippen LogP contribution in [-0.4, -0.2) is 38.9 Å². The van der Waals surface area contributed by atoms with Crippen LogP contribution in [0.15, 0.2) is 23.1 Å². The summed E-state index contributed by atoms with van der Waals surface area (Å²) in [6.45, 7) is 4.66. The summed E-state index contributed by atoms with van der Waals surface area (Å²) in [6, 6.07) is 5.18. The fraction of sp³-hybridized carbons (Fsp3) is 0.571. The summed E-state index contributed by atoms with van der Waals surface area (Å²) < 4.78 is 32.2. The zero-order valence-corrected chi connectivity index (χ0v) is 12.7. The standard InChI is InChI=1S/C14H21NO4S/c1-11-7-12(2)9-13(8-11)20(17,18)15-10-14(16)3-5-19-6-4-14/h7-9,15-16H,3-6,10H2,1-2H3. The topological polar surface area (TPSA) is 75.6 Å². The fourth-order valence-corrected chi connectivity index (χ4v) is 3.64. The molecule has 6 heteroatoms. The second kappa shape index (κ2) is 5.81. The average molecular weight is 299 g/mol. The second-order valence-corrected chi connectivity index (χ2v) is 7.25. The molecule has 0 atom stereocenters. The van der Waals surface area contributed by atoms with Crippen molar-refractivity contribution in [1.82, 2.24) is 4.72 Å². The average Bonchev–Trinajstić information content (AvgIpc) is 2.37. The highest BCUT2D eigenvalue weighted by Crippen LogP contribution is 2.21. The molecule has 1 heterocycles. The molecule has 2 N–H and O–H groups in total. The minimum atomic E-state index is -3.59. The molecular formula is C14H21NO4S. The maximum atomic E-state index is 12.3. The molecular weight excluding hydrogens is 278 g/mol. The van der Waals surface area contributed by atoms with Crippen molar-refractivity contribution in [3.05, 3.63) is 29.3 Å². The van der Waals surface area contributed by atoms with Gasteiger partial charge in [-0.15, -0.1) is 0 Å². The summed E-state index contributed by atoms with van der Waals surface area (Å²) in [5, 5.41) is 10.3. The molecule has 0 bridgehead atoms. The highest BCUT2D eigenvalue weighted by molar-refractivity contribution is 7.89. The number of ether oxygens (including phenoxy) is 1. The summed E-state index contributed by atoms with van der Waals surface area (Å²) in [5.74, 6) is 0. The van der Waals surface area contributed by atoms with E-state index in [4.69, 9.17) is 4.74 Å². The third-order valence-electron chi connectivity index (χ3n) is 3.52. The highest BCUT2D eigenvalue weighted by atomic mass is 32.2. The second-order valence-electron chi connectivity index (χ2n) is 5.48. The Kier molecular flexibility index (Phi) is 4.49. The molecule has 0 radical (unpaired) electrons. The number of rotatable bonds is 4. The van der Waals surface area contributed by atoms with Crippen molar-refractivity contribution in [2.24, 2.45) is 0 Å². The van der Waals surface area contributed by atoms with Crippen LogP contribution in [0.4, 0.5) is 0 Å². The fourth-order valence-electron chi connectivity index (χ4n) is 2.33. The molecule has 0 aromatic heterocycles. The molecule has 2 rings (SSSR count). The lowest BCUT2D eigenvalue weighted by atomic mass is 9.95. The molecule has 1 aromatic rings. The van der Waals surface area contributed by atoms with Crippen molar-refractivity contribution in [3.63, 3.8) is 0 Å². The van der Waals surface area contributed by atoms with E-state index in [1.807, 2.05) is 19.9 Å². The van der Waals surface area contributed by atoms with E-state index in [1.54, 1.807) is 12.1 Å². The number of nitrogens with one attached hydrogen (secondary N) is 1. The molecule has 1 aromatic carbocycles. The number of sulfonamides is 1. The van der Waals surface area contributed by atoms with E-state index < -0.39 is 15.6 Å². The van der Waals surface area contributed by atoms with Gasteiger partial charge in [0.15, 0.2) is 0 Å². The lowest BCUT2D eigenvalue weighted by molar-refractivity contribution is -0.0588. The van der Waals surface area contributed by atoms with Gasteiger partial charge in [0.25, 0.3) is 0 Å². The molecule has 0 unspecified atom stereocenters. The lowest BCUT2D eigenvalue weighted by Crippen LogP contribution is -2.46. The third kappa shape index (κ3) is 3.79. The van der Waals surface area contributed by atoms with E-state index in [2.05, 4.69) is 4.72 Å². The van der Waals surface area contributed by atoms with Gasteiger partial charge in [-0.25, -0.2) is 13.1 Å². The molecule has 0 aliphatic carbocycles. The smallest absolute Gasteiger partial charge is 0.240 e. The number of aryl methyl sites for hydroxylation is 2. The van der Waals surface area contributed by atoms with Crippen LogP contribution in [-0.2, 0) is 14.8 Å². The summed E-state index contributed by atoms with van der Waals surface area (Å²) in [7, 11) is -3.59. The van der Waals surface area contributed by atoms with Crippen LogP contribution >= 0.6 is 0 Å². The Hall–Kier alpha value is -0.950. The summed E-state index contributed by atoms with van der Waals surface area (Å²) in [4.78, 5) is 0.241. The molecule has 112 valence electrons. The first-order valence-electron chi connectivity index (χ1n) is 6.69. The van der Waals surface area contributed by atoms with E-state index in [-0.39, 0.29) is 11.4 Å². The van der Waals surface area contributed by atoms with Gasteiger partial charge in [-0.05, 0) is 37.1 Å². The van der Waals surface area contributed by atoms with E-state index in [0.717, 1.165) is 11.1 Å². The molecule has 20 heavy (non-hydrogen) atoms. The molecule has 1 aliphatic heterocycles. The predicted octanol–water partition coefficient (Wildman–Crippen LogP) is 1.12. The van der Waals surface area contributed by atoms with E-state index in [1.165, 1.54) is 0 Å². The van der Waals surface area contributed by atoms with Crippen LogP contribution < -0.4 is 4.72 Å². The number of hydrogen-bond acceptors (Lipinski definition) is 4. The SMILES string of the molecule is Cc1cc(C)cc(S(=O)(=O)NCC2(O)CCOCC2)c1. The van der Waals surface area contributed by atoms with Crippen molar-refractivity contribution in [3.8, 4) is 0 Å². The van der Waals surface area contributed by atoms with Crippen molar-refractivity contribution in [2.75, 3.05) is 19.8 Å². The van der Waals surface area contributed by atoms with Gasteiger partial charge in [-0.1, -0.05) is 6.07 Å². The molecule has 1 aliphatic rings. The van der Waals surface area contributed by atoms with Gasteiger partial charge in [-0.3, -0.25) is 0 Å². The zero-order chi connectivity index (χ0) is 14.8. The van der Waals surface area contributed by atoms with Crippen LogP contribution in [0.25, 0.3) is 0 Å². The Bertz CT molecular complexity index is 557. The van der Waals surface area contributed by atoms with Gasteiger partial charge < -0.3 is 9.84 Å². The molecule has 0 saturated carbocycles. The molecule has 0 amide bonds. The predicted molar refractivity (Wildman–Crippen MR) is 76.1 cm³/mol. The summed E-state index contributed by atoms with van der Waals surface area (Å²) in [5.41, 5.74) is 0.787. The van der Waals surface area contributed by atoms with Gasteiger partial charge in [-0.2, -0.15) is 0 Å². The van der Waals surface area contributed by atoms with Crippen LogP contribution in [0.2, 0.25) is 0 Å². The Balaban J connectivity index is 2.11. The first-order valence-corrected chi connectivity index (χ1v) is 8.17. The van der Waals surface area contributed by atoms with Gasteiger partial charge in [0, 0.05) is 32.6 Å². The monoisotopic (exact) mass is 299 g/mol. The Labute approximate surface area is 120 Å². The maximum absolute atomic E-state index is 12.3. The third-order valence-corrected chi connectivity index (χ3v) is 4.90. The van der Waals surface area contributed by atoms with Crippen molar-refractivity contribution in [2.45, 2.75) is 37.2 Å². The summed E-state index contributed by atoms with van der Waals surface area (Å²) >= 11 is 0. The Morgan fingerprint density at radius 1 is 1.20 bits per heavy atom. The Morgan fingerprint density at radius 3 is 2.30 bits per heavy atom. The first kappa shape index (κ1) is 15.4. The largest absolute Gasteiger partial charge is 0.388 e. The lowest BCUT2D eigenvalue weighted by Gasteiger charge is -2.32. The van der Waals surface area contributed by atoms with Crippen LogP contribution in [0.3, 0.4) is 0 Å². The number of aliphatic hydroxyl groups is 1. The van der Waals surface area contributed by atoms with Crippen molar-refractivity contribution in [1.29, 1.82) is 0 Å². The quantitative estimate of drug-likeness (QED) is 0.873. The normalized spacial score (nSPS) is 18.9. The van der Waals surface area contributed by atoms with E-state index in [0.29, 0.717) is 26.1 Å². The van der Waals surface area contributed by atoms with Crippen LogP contribution in [0.1, 0.15) is 24.0 Å². The molecule has 1 fully saturated rings. The Morgan fingerprint density at radius 2 is 1.75 bits per heavy atom. The minimum Gasteiger partial charge on any atom is -0.388 e. The first-order chi connectivity index (χ1) is 9.31. The summed E-state index contributed by atoms with van der Waals surface area (Å²) in [6.07, 6.45) is 0.894. The van der Waals surface area contributed by atoms with Gasteiger partial charge >= 0.3 is 0 Å². The van der Waals surface area contributed by atoms with Gasteiger partial charge in [0.1, 0.15) is 0 Å². The van der Waals surface area contributed by atoms with Crippen molar-refractivity contribution < 1.29 is 18.3 Å². The van der Waals surface area contributed by atoms with E-state index >= 15 is 0 Å². The molecule has 5 nitrogen and oxygen atoms in total. The zero-order valence-electron chi connectivity index (χ0n) is 11.8. The highest BCUT2D eigenvalue weighted by Gasteiger charge is 2.31.